The summed E-state index contributed by atoms with van der Waals surface area (Å²) in [5, 5.41) is 0. The van der Waals surface area contributed by atoms with Gasteiger partial charge in [0.05, 0.1) is 5.69 Å². The first kappa shape index (κ1) is 10.1. The van der Waals surface area contributed by atoms with Crippen LogP contribution in [0, 0.1) is 0 Å². The fourth-order valence-electron chi connectivity index (χ4n) is 0.981. The van der Waals surface area contributed by atoms with Crippen LogP contribution in [0.15, 0.2) is 37.1 Å². The van der Waals surface area contributed by atoms with Crippen molar-refractivity contribution < 1.29 is 14.4 Å². The molecule has 0 fully saturated rings. The van der Waals surface area contributed by atoms with E-state index in [9.17, 15) is 4.57 Å². The Kier molecular flexibility index (Phi) is 2.98. The molecule has 13 heavy (non-hydrogen) atoms. The topological polar surface area (TPSA) is 70.4 Å². The first-order valence-corrected chi connectivity index (χ1v) is 5.32. The maximum absolute atomic E-state index is 10.9. The highest BCUT2D eigenvalue weighted by molar-refractivity contribution is 7.52. The van der Waals surface area contributed by atoms with E-state index < -0.39 is 13.3 Å². The van der Waals surface area contributed by atoms with Gasteiger partial charge in [0.25, 0.3) is 0 Å². The zero-order valence-electron chi connectivity index (χ0n) is 6.87. The third kappa shape index (κ3) is 2.49. The molecule has 1 atom stereocenters. The summed E-state index contributed by atoms with van der Waals surface area (Å²) in [6.07, 6.45) is 2.70. The number of rotatable bonds is 3. The number of hydrogen-bond acceptors (Lipinski definition) is 2. The zero-order chi connectivity index (χ0) is 9.90. The maximum atomic E-state index is 10.9. The average Bonchev–Trinajstić information content (AvgIpc) is 2.05. The first-order chi connectivity index (χ1) is 6.05. The lowest BCUT2D eigenvalue weighted by atomic mass is 10.3. The minimum Gasteiger partial charge on any atom is -0.324 e. The smallest absolute Gasteiger partial charge is 0.324 e. The van der Waals surface area contributed by atoms with Crippen LogP contribution in [0.25, 0.3) is 0 Å². The van der Waals surface area contributed by atoms with E-state index in [0.717, 1.165) is 0 Å². The lowest BCUT2D eigenvalue weighted by Gasteiger charge is -2.12. The number of allylic oxidation sites excluding steroid dienone is 1. The number of hydrogen-bond donors (Lipinski definition) is 2. The number of nitrogens with zero attached hydrogens (tertiary/aromatic N) is 1. The molecule has 0 saturated heterocycles. The maximum Gasteiger partial charge on any atom is 0.338 e. The zero-order valence-corrected chi connectivity index (χ0v) is 7.76. The van der Waals surface area contributed by atoms with Crippen LogP contribution >= 0.6 is 7.60 Å². The molecule has 0 bridgehead atoms. The van der Waals surface area contributed by atoms with Crippen molar-refractivity contribution in [3.05, 3.63) is 42.7 Å². The Balaban J connectivity index is 3.06. The van der Waals surface area contributed by atoms with Crippen LogP contribution in [-0.2, 0) is 4.57 Å². The van der Waals surface area contributed by atoms with Crippen LogP contribution in [0.1, 0.15) is 11.4 Å². The Morgan fingerprint density at radius 3 is 2.62 bits per heavy atom. The summed E-state index contributed by atoms with van der Waals surface area (Å²) in [4.78, 5) is 21.7. The fraction of sp³-hybridized carbons (Fsp3) is 0.125. The molecule has 1 aromatic heterocycles. The van der Waals surface area contributed by atoms with Gasteiger partial charge in [-0.15, -0.1) is 6.58 Å². The first-order valence-electron chi connectivity index (χ1n) is 3.64. The molecule has 5 heteroatoms. The Bertz CT molecular complexity index is 333. The van der Waals surface area contributed by atoms with Crippen molar-refractivity contribution in [2.24, 2.45) is 0 Å². The fourth-order valence-corrected chi connectivity index (χ4v) is 1.75. The van der Waals surface area contributed by atoms with Crippen molar-refractivity contribution in [2.75, 3.05) is 0 Å². The standard InChI is InChI=1S/C8H10NO3P/c1-2-8(13(10,11)12)7-5-3-4-6-9-7/h2-6,8H,1H2,(H2,10,11,12). The average molecular weight is 199 g/mol. The van der Waals surface area contributed by atoms with E-state index in [-0.39, 0.29) is 0 Å². The second kappa shape index (κ2) is 3.83. The van der Waals surface area contributed by atoms with Gasteiger partial charge in [-0.25, -0.2) is 0 Å². The van der Waals surface area contributed by atoms with Gasteiger partial charge < -0.3 is 9.79 Å². The van der Waals surface area contributed by atoms with Crippen LogP contribution in [0.2, 0.25) is 0 Å². The summed E-state index contributed by atoms with van der Waals surface area (Å²) in [5.74, 6) is 0. The molecule has 0 spiro atoms. The third-order valence-electron chi connectivity index (χ3n) is 1.58. The molecular weight excluding hydrogens is 189 g/mol. The molecule has 0 amide bonds. The van der Waals surface area contributed by atoms with Crippen molar-refractivity contribution >= 4 is 7.60 Å². The predicted molar refractivity (Wildman–Crippen MR) is 49.2 cm³/mol. The van der Waals surface area contributed by atoms with Crippen molar-refractivity contribution in [3.63, 3.8) is 0 Å². The molecule has 1 aromatic rings. The minimum absolute atomic E-state index is 0.339. The van der Waals surface area contributed by atoms with E-state index in [1.165, 1.54) is 12.3 Å². The van der Waals surface area contributed by atoms with Gasteiger partial charge in [0.15, 0.2) is 0 Å². The largest absolute Gasteiger partial charge is 0.338 e. The summed E-state index contributed by atoms with van der Waals surface area (Å²) in [5.41, 5.74) is -0.667. The SMILES string of the molecule is C=CC(c1ccccn1)P(=O)(O)O. The highest BCUT2D eigenvalue weighted by Crippen LogP contribution is 2.51. The predicted octanol–water partition coefficient (Wildman–Crippen LogP) is 1.49. The molecule has 2 N–H and O–H groups in total. The lowest BCUT2D eigenvalue weighted by Crippen LogP contribution is -1.98. The van der Waals surface area contributed by atoms with Crippen LogP contribution in [0.5, 0.6) is 0 Å². The Morgan fingerprint density at radius 2 is 2.23 bits per heavy atom. The van der Waals surface area contributed by atoms with Crippen molar-refractivity contribution in [1.82, 2.24) is 4.98 Å². The van der Waals surface area contributed by atoms with Crippen molar-refractivity contribution in [2.45, 2.75) is 5.66 Å². The number of aromatic nitrogens is 1. The molecule has 4 nitrogen and oxygen atoms in total. The molecule has 70 valence electrons. The Labute approximate surface area is 76.1 Å². The highest BCUT2D eigenvalue weighted by atomic mass is 31.2. The molecule has 1 heterocycles. The van der Waals surface area contributed by atoms with Gasteiger partial charge in [-0.1, -0.05) is 12.1 Å². The monoisotopic (exact) mass is 199 g/mol. The van der Waals surface area contributed by atoms with E-state index in [1.54, 1.807) is 18.2 Å². The molecule has 0 aliphatic rings. The van der Waals surface area contributed by atoms with Gasteiger partial charge in [0, 0.05) is 6.20 Å². The van der Waals surface area contributed by atoms with Gasteiger partial charge in [-0.2, -0.15) is 0 Å². The van der Waals surface area contributed by atoms with Gasteiger partial charge in [-0.05, 0) is 12.1 Å². The lowest BCUT2D eigenvalue weighted by molar-refractivity contribution is 0.365. The minimum atomic E-state index is -4.18. The quantitative estimate of drug-likeness (QED) is 0.571. The van der Waals surface area contributed by atoms with Gasteiger partial charge in [0.1, 0.15) is 5.66 Å². The summed E-state index contributed by atoms with van der Waals surface area (Å²) < 4.78 is 10.9. The summed E-state index contributed by atoms with van der Waals surface area (Å²) in [6.45, 7) is 3.37. The second-order valence-electron chi connectivity index (χ2n) is 2.52. The molecule has 1 unspecified atom stereocenters. The third-order valence-corrected chi connectivity index (χ3v) is 2.78. The summed E-state index contributed by atoms with van der Waals surface area (Å²) in [7, 11) is -4.18. The molecular formula is C8H10NO3P. The van der Waals surface area contributed by atoms with E-state index >= 15 is 0 Å². The van der Waals surface area contributed by atoms with Gasteiger partial charge >= 0.3 is 7.60 Å². The molecule has 0 aliphatic carbocycles. The molecule has 1 rings (SSSR count). The van der Waals surface area contributed by atoms with Crippen LogP contribution in [0.4, 0.5) is 0 Å². The van der Waals surface area contributed by atoms with Gasteiger partial charge in [-0.3, -0.25) is 9.55 Å². The Morgan fingerprint density at radius 1 is 1.54 bits per heavy atom. The van der Waals surface area contributed by atoms with Crippen LogP contribution < -0.4 is 0 Å². The number of pyridine rings is 1. The molecule has 0 aliphatic heterocycles. The molecule has 0 radical (unpaired) electrons. The van der Waals surface area contributed by atoms with E-state index in [1.807, 2.05) is 0 Å². The summed E-state index contributed by atoms with van der Waals surface area (Å²) >= 11 is 0. The van der Waals surface area contributed by atoms with E-state index in [4.69, 9.17) is 9.79 Å². The van der Waals surface area contributed by atoms with Crippen molar-refractivity contribution in [1.29, 1.82) is 0 Å². The van der Waals surface area contributed by atoms with Crippen molar-refractivity contribution in [3.8, 4) is 0 Å². The second-order valence-corrected chi connectivity index (χ2v) is 4.26. The normalized spacial score (nSPS) is 13.7. The highest BCUT2D eigenvalue weighted by Gasteiger charge is 2.28. The van der Waals surface area contributed by atoms with Crippen LogP contribution in [0.3, 0.4) is 0 Å². The van der Waals surface area contributed by atoms with E-state index in [0.29, 0.717) is 5.69 Å². The van der Waals surface area contributed by atoms with E-state index in [2.05, 4.69) is 11.6 Å². The molecule has 0 saturated carbocycles. The van der Waals surface area contributed by atoms with Crippen LogP contribution in [-0.4, -0.2) is 14.8 Å². The molecule has 0 aromatic carbocycles. The Hall–Kier alpha value is -0.960. The van der Waals surface area contributed by atoms with Gasteiger partial charge in [0.2, 0.25) is 0 Å². The summed E-state index contributed by atoms with van der Waals surface area (Å²) in [6, 6.07) is 4.92.